The van der Waals surface area contributed by atoms with Crippen molar-refractivity contribution < 1.29 is 4.74 Å². The SMILES string of the molecule is N#Cc1ccc2nc(N3CCOCC3)sc2c1. The largest absolute Gasteiger partial charge is 0.378 e. The topological polar surface area (TPSA) is 49.2 Å². The number of anilines is 1. The number of aromatic nitrogens is 1. The minimum absolute atomic E-state index is 0.690. The zero-order valence-electron chi connectivity index (χ0n) is 9.22. The fourth-order valence-electron chi connectivity index (χ4n) is 1.87. The molecule has 2 heterocycles. The monoisotopic (exact) mass is 245 g/mol. The van der Waals surface area contributed by atoms with Crippen molar-refractivity contribution in [2.75, 3.05) is 31.2 Å². The fourth-order valence-corrected chi connectivity index (χ4v) is 2.93. The Labute approximate surface area is 103 Å². The van der Waals surface area contributed by atoms with Crippen molar-refractivity contribution in [1.82, 2.24) is 4.98 Å². The molecule has 0 radical (unpaired) electrons. The maximum absolute atomic E-state index is 8.86. The molecule has 1 aliphatic rings. The van der Waals surface area contributed by atoms with Crippen molar-refractivity contribution in [2.24, 2.45) is 0 Å². The van der Waals surface area contributed by atoms with Gasteiger partial charge in [0.25, 0.3) is 0 Å². The third kappa shape index (κ3) is 1.97. The summed E-state index contributed by atoms with van der Waals surface area (Å²) in [5.41, 5.74) is 1.66. The number of nitrogens with zero attached hydrogens (tertiary/aromatic N) is 3. The second kappa shape index (κ2) is 4.32. The van der Waals surface area contributed by atoms with Crippen LogP contribution in [-0.2, 0) is 4.74 Å². The molecule has 0 saturated carbocycles. The Kier molecular flexibility index (Phi) is 2.67. The quantitative estimate of drug-likeness (QED) is 0.771. The van der Waals surface area contributed by atoms with Crippen molar-refractivity contribution >= 4 is 26.7 Å². The molecule has 2 aromatic rings. The Morgan fingerprint density at radius 3 is 2.94 bits per heavy atom. The number of thiazole rings is 1. The standard InChI is InChI=1S/C12H11N3OS/c13-8-9-1-2-10-11(7-9)17-12(14-10)15-3-5-16-6-4-15/h1-2,7H,3-6H2. The smallest absolute Gasteiger partial charge is 0.186 e. The molecule has 5 heteroatoms. The Hall–Kier alpha value is -1.64. The van der Waals surface area contributed by atoms with E-state index in [4.69, 9.17) is 10.00 Å². The van der Waals surface area contributed by atoms with E-state index in [1.165, 1.54) is 0 Å². The van der Waals surface area contributed by atoms with Gasteiger partial charge < -0.3 is 9.64 Å². The Bertz CT molecular complexity index is 581. The summed E-state index contributed by atoms with van der Waals surface area (Å²) in [6.45, 7) is 3.31. The van der Waals surface area contributed by atoms with E-state index in [1.54, 1.807) is 11.3 Å². The molecule has 0 amide bonds. The average molecular weight is 245 g/mol. The summed E-state index contributed by atoms with van der Waals surface area (Å²) in [5, 5.41) is 9.89. The van der Waals surface area contributed by atoms with Crippen molar-refractivity contribution in [2.45, 2.75) is 0 Å². The number of rotatable bonds is 1. The minimum atomic E-state index is 0.690. The van der Waals surface area contributed by atoms with Crippen LogP contribution in [0.5, 0.6) is 0 Å². The first kappa shape index (κ1) is 10.5. The molecule has 1 aliphatic heterocycles. The molecular weight excluding hydrogens is 234 g/mol. The molecule has 4 nitrogen and oxygen atoms in total. The van der Waals surface area contributed by atoms with E-state index in [0.717, 1.165) is 41.7 Å². The first-order valence-electron chi connectivity index (χ1n) is 5.50. The Morgan fingerprint density at radius 2 is 2.18 bits per heavy atom. The van der Waals surface area contributed by atoms with Gasteiger partial charge in [0.15, 0.2) is 5.13 Å². The van der Waals surface area contributed by atoms with Gasteiger partial charge in [0.1, 0.15) is 0 Å². The highest BCUT2D eigenvalue weighted by atomic mass is 32.1. The molecule has 1 fully saturated rings. The maximum atomic E-state index is 8.86. The summed E-state index contributed by atoms with van der Waals surface area (Å²) >= 11 is 1.64. The zero-order chi connectivity index (χ0) is 11.7. The lowest BCUT2D eigenvalue weighted by Gasteiger charge is -2.25. The number of ether oxygens (including phenoxy) is 1. The molecule has 1 aromatic heterocycles. The Morgan fingerprint density at radius 1 is 1.35 bits per heavy atom. The van der Waals surface area contributed by atoms with E-state index >= 15 is 0 Å². The first-order valence-corrected chi connectivity index (χ1v) is 6.32. The third-order valence-electron chi connectivity index (χ3n) is 2.79. The molecule has 3 rings (SSSR count). The van der Waals surface area contributed by atoms with E-state index in [0.29, 0.717) is 5.56 Å². The Balaban J connectivity index is 1.98. The second-order valence-electron chi connectivity index (χ2n) is 3.89. The molecule has 1 saturated heterocycles. The van der Waals surface area contributed by atoms with Crippen LogP contribution in [0.3, 0.4) is 0 Å². The van der Waals surface area contributed by atoms with Gasteiger partial charge in [-0.2, -0.15) is 5.26 Å². The number of hydrogen-bond acceptors (Lipinski definition) is 5. The fraction of sp³-hybridized carbons (Fsp3) is 0.333. The molecule has 0 atom stereocenters. The van der Waals surface area contributed by atoms with Gasteiger partial charge in [-0.15, -0.1) is 0 Å². The van der Waals surface area contributed by atoms with Crippen LogP contribution in [0.2, 0.25) is 0 Å². The summed E-state index contributed by atoms with van der Waals surface area (Å²) < 4.78 is 6.40. The first-order chi connectivity index (χ1) is 8.36. The van der Waals surface area contributed by atoms with Gasteiger partial charge in [0, 0.05) is 13.1 Å². The summed E-state index contributed by atoms with van der Waals surface area (Å²) in [6, 6.07) is 7.77. The van der Waals surface area contributed by atoms with E-state index in [9.17, 15) is 0 Å². The molecule has 0 aliphatic carbocycles. The number of benzene rings is 1. The van der Waals surface area contributed by atoms with Crippen LogP contribution in [0.15, 0.2) is 18.2 Å². The van der Waals surface area contributed by atoms with Crippen LogP contribution in [0.25, 0.3) is 10.2 Å². The normalized spacial score (nSPS) is 16.1. The molecule has 17 heavy (non-hydrogen) atoms. The van der Waals surface area contributed by atoms with Gasteiger partial charge in [-0.3, -0.25) is 0 Å². The van der Waals surface area contributed by atoms with Gasteiger partial charge in [-0.1, -0.05) is 11.3 Å². The van der Waals surface area contributed by atoms with Crippen LogP contribution in [0.1, 0.15) is 5.56 Å². The second-order valence-corrected chi connectivity index (χ2v) is 4.90. The average Bonchev–Trinajstić information content (AvgIpc) is 2.82. The van der Waals surface area contributed by atoms with Gasteiger partial charge in [-0.25, -0.2) is 4.98 Å². The third-order valence-corrected chi connectivity index (χ3v) is 3.87. The lowest BCUT2D eigenvalue weighted by molar-refractivity contribution is 0.122. The van der Waals surface area contributed by atoms with Gasteiger partial charge in [-0.05, 0) is 18.2 Å². The zero-order valence-corrected chi connectivity index (χ0v) is 10.0. The summed E-state index contributed by atoms with van der Waals surface area (Å²) in [6.07, 6.45) is 0. The maximum Gasteiger partial charge on any atom is 0.186 e. The molecule has 86 valence electrons. The van der Waals surface area contributed by atoms with Gasteiger partial charge >= 0.3 is 0 Å². The number of hydrogen-bond donors (Lipinski definition) is 0. The summed E-state index contributed by atoms with van der Waals surface area (Å²) in [5.74, 6) is 0. The molecule has 0 N–H and O–H groups in total. The van der Waals surface area contributed by atoms with Crippen LogP contribution in [0.4, 0.5) is 5.13 Å². The lowest BCUT2D eigenvalue weighted by atomic mass is 10.2. The molecular formula is C12H11N3OS. The predicted molar refractivity (Wildman–Crippen MR) is 67.4 cm³/mol. The number of morpholine rings is 1. The number of nitriles is 1. The number of fused-ring (bicyclic) bond motifs is 1. The van der Waals surface area contributed by atoms with Crippen LogP contribution in [-0.4, -0.2) is 31.3 Å². The lowest BCUT2D eigenvalue weighted by Crippen LogP contribution is -2.36. The molecule has 0 bridgehead atoms. The summed E-state index contributed by atoms with van der Waals surface area (Å²) in [4.78, 5) is 6.83. The van der Waals surface area contributed by atoms with E-state index in [-0.39, 0.29) is 0 Å². The molecule has 1 aromatic carbocycles. The van der Waals surface area contributed by atoms with Crippen LogP contribution in [0, 0.1) is 11.3 Å². The predicted octanol–water partition coefficient (Wildman–Crippen LogP) is 2.00. The van der Waals surface area contributed by atoms with Crippen molar-refractivity contribution in [3.05, 3.63) is 23.8 Å². The summed E-state index contributed by atoms with van der Waals surface area (Å²) in [7, 11) is 0. The highest BCUT2D eigenvalue weighted by Crippen LogP contribution is 2.29. The van der Waals surface area contributed by atoms with Gasteiger partial charge in [0.2, 0.25) is 0 Å². The van der Waals surface area contributed by atoms with Crippen molar-refractivity contribution in [3.8, 4) is 6.07 Å². The molecule has 0 unspecified atom stereocenters. The van der Waals surface area contributed by atoms with E-state index < -0.39 is 0 Å². The minimum Gasteiger partial charge on any atom is -0.378 e. The molecule has 0 spiro atoms. The van der Waals surface area contributed by atoms with Crippen LogP contribution < -0.4 is 4.90 Å². The van der Waals surface area contributed by atoms with Crippen molar-refractivity contribution in [3.63, 3.8) is 0 Å². The van der Waals surface area contributed by atoms with Crippen LogP contribution >= 0.6 is 11.3 Å². The highest BCUT2D eigenvalue weighted by molar-refractivity contribution is 7.22. The van der Waals surface area contributed by atoms with Crippen molar-refractivity contribution in [1.29, 1.82) is 5.26 Å². The van der Waals surface area contributed by atoms with Gasteiger partial charge in [0.05, 0.1) is 35.1 Å². The highest BCUT2D eigenvalue weighted by Gasteiger charge is 2.15. The van der Waals surface area contributed by atoms with E-state index in [2.05, 4.69) is 16.0 Å². The van der Waals surface area contributed by atoms with E-state index in [1.807, 2.05) is 18.2 Å².